The summed E-state index contributed by atoms with van der Waals surface area (Å²) in [7, 11) is 0. The Morgan fingerprint density at radius 1 is 0.950 bits per heavy atom. The van der Waals surface area contributed by atoms with Gasteiger partial charge < -0.3 is 9.80 Å². The molecule has 1 saturated carbocycles. The smallest absolute Gasteiger partial charge is 0.227 e. The van der Waals surface area contributed by atoms with Crippen molar-refractivity contribution in [3.8, 4) is 0 Å². The minimum absolute atomic E-state index is 0.0659. The Morgan fingerprint density at radius 2 is 1.60 bits per heavy atom. The van der Waals surface area contributed by atoms with Gasteiger partial charge in [-0.3, -0.25) is 9.59 Å². The molecule has 0 radical (unpaired) electrons. The van der Waals surface area contributed by atoms with Crippen LogP contribution in [0.3, 0.4) is 0 Å². The van der Waals surface area contributed by atoms with Crippen molar-refractivity contribution in [3.63, 3.8) is 0 Å². The molecule has 0 aromatic heterocycles. The highest BCUT2D eigenvalue weighted by molar-refractivity contribution is 5.89. The molecule has 1 atom stereocenters. The topological polar surface area (TPSA) is 40.6 Å². The van der Waals surface area contributed by atoms with Gasteiger partial charge >= 0.3 is 0 Å². The van der Waals surface area contributed by atoms with E-state index < -0.39 is 0 Å². The molecule has 0 N–H and O–H groups in total. The molecule has 4 nitrogen and oxygen atoms in total. The Balaban J connectivity index is 1.60. The zero-order chi connectivity index (χ0) is 13.9. The fraction of sp³-hybridized carbons (Fsp3) is 0.875. The minimum Gasteiger partial charge on any atom is -0.342 e. The van der Waals surface area contributed by atoms with Crippen molar-refractivity contribution in [1.29, 1.82) is 0 Å². The summed E-state index contributed by atoms with van der Waals surface area (Å²) in [4.78, 5) is 28.7. The maximum absolute atomic E-state index is 12.4. The van der Waals surface area contributed by atoms with Gasteiger partial charge in [0, 0.05) is 32.1 Å². The summed E-state index contributed by atoms with van der Waals surface area (Å²) in [5.74, 6) is 0.380. The van der Waals surface area contributed by atoms with E-state index in [-0.39, 0.29) is 17.7 Å². The van der Waals surface area contributed by atoms with Gasteiger partial charge in [0.15, 0.2) is 0 Å². The number of carbonyl (C=O) groups excluding carboxylic acids is 2. The molecule has 20 heavy (non-hydrogen) atoms. The zero-order valence-corrected chi connectivity index (χ0v) is 12.4. The molecule has 0 spiro atoms. The maximum Gasteiger partial charge on any atom is 0.227 e. The SMILES string of the molecule is O=C([C@H]1CC(=O)N(C2CCCCCC2)C1)N1CCCC1. The number of rotatable bonds is 2. The highest BCUT2D eigenvalue weighted by Gasteiger charge is 2.39. The van der Waals surface area contributed by atoms with Gasteiger partial charge in [-0.25, -0.2) is 0 Å². The lowest BCUT2D eigenvalue weighted by Crippen LogP contribution is -2.38. The molecule has 2 heterocycles. The third-order valence-electron chi connectivity index (χ3n) is 5.19. The highest BCUT2D eigenvalue weighted by atomic mass is 16.2. The fourth-order valence-electron chi connectivity index (χ4n) is 4.02. The van der Waals surface area contributed by atoms with E-state index in [2.05, 4.69) is 0 Å². The van der Waals surface area contributed by atoms with Gasteiger partial charge in [-0.05, 0) is 25.7 Å². The fourth-order valence-corrected chi connectivity index (χ4v) is 4.02. The van der Waals surface area contributed by atoms with Crippen LogP contribution in [-0.4, -0.2) is 47.3 Å². The Morgan fingerprint density at radius 3 is 2.25 bits per heavy atom. The molecule has 1 aliphatic carbocycles. The van der Waals surface area contributed by atoms with E-state index in [0.717, 1.165) is 38.8 Å². The first-order valence-corrected chi connectivity index (χ1v) is 8.34. The van der Waals surface area contributed by atoms with Crippen molar-refractivity contribution in [1.82, 2.24) is 9.80 Å². The Labute approximate surface area is 121 Å². The molecule has 2 amide bonds. The van der Waals surface area contributed by atoms with Crippen LogP contribution in [0.5, 0.6) is 0 Å². The van der Waals surface area contributed by atoms with Gasteiger partial charge in [0.25, 0.3) is 0 Å². The van der Waals surface area contributed by atoms with Crippen LogP contribution in [0.15, 0.2) is 0 Å². The van der Waals surface area contributed by atoms with Crippen LogP contribution < -0.4 is 0 Å². The number of amides is 2. The summed E-state index contributed by atoms with van der Waals surface area (Å²) >= 11 is 0. The Hall–Kier alpha value is -1.06. The van der Waals surface area contributed by atoms with Crippen LogP contribution in [0.25, 0.3) is 0 Å². The van der Waals surface area contributed by atoms with Gasteiger partial charge in [-0.15, -0.1) is 0 Å². The van der Waals surface area contributed by atoms with E-state index in [1.54, 1.807) is 0 Å². The number of carbonyl (C=O) groups is 2. The molecule has 3 rings (SSSR count). The third-order valence-corrected chi connectivity index (χ3v) is 5.19. The monoisotopic (exact) mass is 278 g/mol. The van der Waals surface area contributed by atoms with Crippen LogP contribution in [-0.2, 0) is 9.59 Å². The second-order valence-corrected chi connectivity index (χ2v) is 6.62. The molecule has 3 aliphatic rings. The summed E-state index contributed by atoms with van der Waals surface area (Å²) in [5.41, 5.74) is 0. The summed E-state index contributed by atoms with van der Waals surface area (Å²) in [5, 5.41) is 0. The molecule has 2 saturated heterocycles. The van der Waals surface area contributed by atoms with Gasteiger partial charge in [0.05, 0.1) is 5.92 Å². The number of hydrogen-bond acceptors (Lipinski definition) is 2. The van der Waals surface area contributed by atoms with Crippen LogP contribution in [0.1, 0.15) is 57.8 Å². The lowest BCUT2D eigenvalue weighted by Gasteiger charge is -2.27. The summed E-state index contributed by atoms with van der Waals surface area (Å²) in [6, 6.07) is 0.404. The molecular weight excluding hydrogens is 252 g/mol. The first-order chi connectivity index (χ1) is 9.75. The molecule has 0 aromatic carbocycles. The van der Waals surface area contributed by atoms with E-state index >= 15 is 0 Å². The molecule has 112 valence electrons. The average Bonchev–Trinajstić information content (AvgIpc) is 3.02. The van der Waals surface area contributed by atoms with E-state index in [4.69, 9.17) is 0 Å². The van der Waals surface area contributed by atoms with Gasteiger partial charge in [0.1, 0.15) is 0 Å². The molecule has 0 unspecified atom stereocenters. The van der Waals surface area contributed by atoms with Gasteiger partial charge in [0.2, 0.25) is 11.8 Å². The molecule has 0 bridgehead atoms. The predicted octanol–water partition coefficient (Wildman–Crippen LogP) is 2.18. The average molecular weight is 278 g/mol. The van der Waals surface area contributed by atoms with Crippen molar-refractivity contribution in [3.05, 3.63) is 0 Å². The molecule has 3 fully saturated rings. The summed E-state index contributed by atoms with van der Waals surface area (Å²) < 4.78 is 0. The van der Waals surface area contributed by atoms with Crippen LogP contribution >= 0.6 is 0 Å². The van der Waals surface area contributed by atoms with E-state index in [1.807, 2.05) is 9.80 Å². The Kier molecular flexibility index (Phi) is 4.27. The quantitative estimate of drug-likeness (QED) is 0.726. The van der Waals surface area contributed by atoms with E-state index in [1.165, 1.54) is 25.7 Å². The van der Waals surface area contributed by atoms with Crippen molar-refractivity contribution in [2.24, 2.45) is 5.92 Å². The molecule has 4 heteroatoms. The second kappa shape index (κ2) is 6.15. The van der Waals surface area contributed by atoms with Gasteiger partial charge in [-0.1, -0.05) is 25.7 Å². The predicted molar refractivity (Wildman–Crippen MR) is 77.1 cm³/mol. The first-order valence-electron chi connectivity index (χ1n) is 8.34. The van der Waals surface area contributed by atoms with E-state index in [0.29, 0.717) is 19.0 Å². The number of hydrogen-bond donors (Lipinski definition) is 0. The first kappa shape index (κ1) is 13.9. The number of nitrogens with zero attached hydrogens (tertiary/aromatic N) is 2. The molecular formula is C16H26N2O2. The van der Waals surface area contributed by atoms with Crippen molar-refractivity contribution < 1.29 is 9.59 Å². The van der Waals surface area contributed by atoms with Crippen molar-refractivity contribution in [2.45, 2.75) is 63.8 Å². The zero-order valence-electron chi connectivity index (χ0n) is 12.4. The second-order valence-electron chi connectivity index (χ2n) is 6.62. The minimum atomic E-state index is -0.0659. The van der Waals surface area contributed by atoms with E-state index in [9.17, 15) is 9.59 Å². The largest absolute Gasteiger partial charge is 0.342 e. The van der Waals surface area contributed by atoms with Crippen molar-refractivity contribution >= 4 is 11.8 Å². The number of likely N-dealkylation sites (tertiary alicyclic amines) is 2. The lowest BCUT2D eigenvalue weighted by atomic mass is 10.1. The summed E-state index contributed by atoms with van der Waals surface area (Å²) in [6.07, 6.45) is 10.0. The highest BCUT2D eigenvalue weighted by Crippen LogP contribution is 2.29. The Bertz CT molecular complexity index is 369. The van der Waals surface area contributed by atoms with Crippen molar-refractivity contribution in [2.75, 3.05) is 19.6 Å². The van der Waals surface area contributed by atoms with Crippen LogP contribution in [0.4, 0.5) is 0 Å². The maximum atomic E-state index is 12.4. The molecule has 0 aromatic rings. The molecule has 2 aliphatic heterocycles. The van der Waals surface area contributed by atoms with Crippen LogP contribution in [0, 0.1) is 5.92 Å². The summed E-state index contributed by atoms with van der Waals surface area (Å²) in [6.45, 7) is 2.47. The lowest BCUT2D eigenvalue weighted by molar-refractivity contribution is -0.134. The third kappa shape index (κ3) is 2.84. The van der Waals surface area contributed by atoms with Gasteiger partial charge in [-0.2, -0.15) is 0 Å². The van der Waals surface area contributed by atoms with Crippen LogP contribution in [0.2, 0.25) is 0 Å². The normalized spacial score (nSPS) is 29.0. The standard InChI is InChI=1S/C16H26N2O2/c19-15-11-13(16(20)17-9-5-6-10-17)12-18(15)14-7-3-1-2-4-8-14/h13-14H,1-12H2/t13-/m0/s1.